The van der Waals surface area contributed by atoms with E-state index < -0.39 is 17.9 Å². The van der Waals surface area contributed by atoms with Crippen LogP contribution in [-0.2, 0) is 9.53 Å². The van der Waals surface area contributed by atoms with E-state index in [4.69, 9.17) is 9.94 Å². The number of ether oxygens (including phenoxy) is 2. The average molecular weight is 277 g/mol. The van der Waals surface area contributed by atoms with E-state index in [0.29, 0.717) is 0 Å². The molecule has 0 bridgehead atoms. The standard InChI is InChI=1S/C11H10F3NO4/c1-18-9(16)6-19-8-4-2-7(3-5-8)10(15-17)11(12,13)14/h2-5,17H,6H2,1H3. The number of methoxy groups -OCH3 is 1. The predicted octanol–water partition coefficient (Wildman–Crippen LogP) is 1.98. The molecule has 104 valence electrons. The number of oxime groups is 1. The van der Waals surface area contributed by atoms with Crippen molar-refractivity contribution in [3.8, 4) is 5.75 Å². The molecule has 0 fully saturated rings. The number of hydrogen-bond acceptors (Lipinski definition) is 5. The molecule has 19 heavy (non-hydrogen) atoms. The Bertz CT molecular complexity index is 468. The summed E-state index contributed by atoms with van der Waals surface area (Å²) in [6, 6.07) is 4.56. The number of carbonyl (C=O) groups is 1. The lowest BCUT2D eigenvalue weighted by atomic mass is 10.1. The van der Waals surface area contributed by atoms with Gasteiger partial charge >= 0.3 is 12.1 Å². The van der Waals surface area contributed by atoms with Crippen molar-refractivity contribution in [2.24, 2.45) is 5.16 Å². The first-order valence-electron chi connectivity index (χ1n) is 4.97. The van der Waals surface area contributed by atoms with Gasteiger partial charge in [0.15, 0.2) is 12.3 Å². The van der Waals surface area contributed by atoms with E-state index in [2.05, 4.69) is 9.89 Å². The largest absolute Gasteiger partial charge is 0.482 e. The Balaban J connectivity index is 2.79. The molecular weight excluding hydrogens is 267 g/mol. The van der Waals surface area contributed by atoms with Crippen LogP contribution in [0.1, 0.15) is 5.56 Å². The van der Waals surface area contributed by atoms with E-state index in [1.807, 2.05) is 0 Å². The third-order valence-electron chi connectivity index (χ3n) is 2.08. The molecular formula is C11H10F3NO4. The zero-order valence-electron chi connectivity index (χ0n) is 9.77. The maximum absolute atomic E-state index is 12.4. The number of benzene rings is 1. The zero-order chi connectivity index (χ0) is 14.5. The van der Waals surface area contributed by atoms with Crippen LogP contribution in [-0.4, -0.2) is 36.8 Å². The van der Waals surface area contributed by atoms with Crippen molar-refractivity contribution in [1.29, 1.82) is 0 Å². The molecule has 0 aromatic heterocycles. The minimum atomic E-state index is -4.76. The maximum Gasteiger partial charge on any atom is 0.437 e. The molecule has 0 atom stereocenters. The minimum absolute atomic E-state index is 0.189. The molecule has 8 heteroatoms. The highest BCUT2D eigenvalue weighted by Crippen LogP contribution is 2.23. The van der Waals surface area contributed by atoms with Crippen molar-refractivity contribution in [2.75, 3.05) is 13.7 Å². The molecule has 1 N–H and O–H groups in total. The third-order valence-corrected chi connectivity index (χ3v) is 2.08. The van der Waals surface area contributed by atoms with Crippen LogP contribution in [0.3, 0.4) is 0 Å². The first kappa shape index (κ1) is 14.8. The lowest BCUT2D eigenvalue weighted by molar-refractivity contribution is -0.142. The van der Waals surface area contributed by atoms with Gasteiger partial charge in [0.2, 0.25) is 0 Å². The molecule has 0 unspecified atom stereocenters. The van der Waals surface area contributed by atoms with E-state index in [-0.39, 0.29) is 17.9 Å². The van der Waals surface area contributed by atoms with Gasteiger partial charge in [0.1, 0.15) is 5.75 Å². The van der Waals surface area contributed by atoms with Crippen LogP contribution in [0.2, 0.25) is 0 Å². The summed E-state index contributed by atoms with van der Waals surface area (Å²) in [7, 11) is 1.18. The van der Waals surface area contributed by atoms with E-state index in [0.717, 1.165) is 12.1 Å². The first-order chi connectivity index (χ1) is 8.88. The van der Waals surface area contributed by atoms with Gasteiger partial charge in [-0.3, -0.25) is 0 Å². The molecule has 0 heterocycles. The molecule has 5 nitrogen and oxygen atoms in total. The number of nitrogens with zero attached hydrogens (tertiary/aromatic N) is 1. The van der Waals surface area contributed by atoms with Crippen molar-refractivity contribution in [2.45, 2.75) is 6.18 Å². The first-order valence-corrected chi connectivity index (χ1v) is 4.97. The SMILES string of the molecule is COC(=O)COc1ccc(C(=NO)C(F)(F)F)cc1. The molecule has 0 radical (unpaired) electrons. The van der Waals surface area contributed by atoms with Crippen LogP contribution in [0.5, 0.6) is 5.75 Å². The van der Waals surface area contributed by atoms with Gasteiger partial charge in [0.05, 0.1) is 7.11 Å². The Morgan fingerprint density at radius 3 is 2.32 bits per heavy atom. The van der Waals surface area contributed by atoms with Crippen molar-refractivity contribution < 1.29 is 32.6 Å². The Labute approximate surface area is 106 Å². The Morgan fingerprint density at radius 2 is 1.89 bits per heavy atom. The third kappa shape index (κ3) is 4.16. The molecule has 0 aliphatic heterocycles. The van der Waals surface area contributed by atoms with Crippen molar-refractivity contribution >= 4 is 11.7 Å². The van der Waals surface area contributed by atoms with Crippen LogP contribution in [0, 0.1) is 0 Å². The van der Waals surface area contributed by atoms with E-state index in [1.165, 1.54) is 19.2 Å². The number of esters is 1. The summed E-state index contributed by atoms with van der Waals surface area (Å²) in [5.74, 6) is -0.425. The molecule has 0 amide bonds. The summed E-state index contributed by atoms with van der Waals surface area (Å²) in [5, 5.41) is 10.6. The summed E-state index contributed by atoms with van der Waals surface area (Å²) in [4.78, 5) is 10.8. The van der Waals surface area contributed by atoms with Gasteiger partial charge in [-0.2, -0.15) is 13.2 Å². The van der Waals surface area contributed by atoms with Crippen molar-refractivity contribution in [3.05, 3.63) is 29.8 Å². The zero-order valence-corrected chi connectivity index (χ0v) is 9.77. The van der Waals surface area contributed by atoms with Crippen LogP contribution in [0.4, 0.5) is 13.2 Å². The Hall–Kier alpha value is -2.25. The smallest absolute Gasteiger partial charge is 0.437 e. The predicted molar refractivity (Wildman–Crippen MR) is 58.3 cm³/mol. The van der Waals surface area contributed by atoms with Gasteiger partial charge in [0, 0.05) is 5.56 Å². The molecule has 1 aromatic carbocycles. The van der Waals surface area contributed by atoms with Crippen LogP contribution in [0.25, 0.3) is 0 Å². The molecule has 0 aliphatic rings. The van der Waals surface area contributed by atoms with Gasteiger partial charge in [-0.15, -0.1) is 0 Å². The van der Waals surface area contributed by atoms with Gasteiger partial charge in [0.25, 0.3) is 0 Å². The summed E-state index contributed by atoms with van der Waals surface area (Å²) >= 11 is 0. The summed E-state index contributed by atoms with van der Waals surface area (Å²) in [6.45, 7) is -0.351. The fourth-order valence-corrected chi connectivity index (χ4v) is 1.19. The molecule has 1 rings (SSSR count). The summed E-state index contributed by atoms with van der Waals surface area (Å²) in [5.41, 5.74) is -1.73. The average Bonchev–Trinajstić information content (AvgIpc) is 2.36. The number of rotatable bonds is 4. The van der Waals surface area contributed by atoms with Gasteiger partial charge in [-0.1, -0.05) is 5.16 Å². The minimum Gasteiger partial charge on any atom is -0.482 e. The molecule has 1 aromatic rings. The lowest BCUT2D eigenvalue weighted by Crippen LogP contribution is -2.24. The number of alkyl halides is 3. The number of halogens is 3. The van der Waals surface area contributed by atoms with Gasteiger partial charge in [-0.25, -0.2) is 4.79 Å². The maximum atomic E-state index is 12.4. The number of hydrogen-bond donors (Lipinski definition) is 1. The summed E-state index contributed by atoms with van der Waals surface area (Å²) < 4.78 is 46.6. The Morgan fingerprint density at radius 1 is 1.32 bits per heavy atom. The monoisotopic (exact) mass is 277 g/mol. The fourth-order valence-electron chi connectivity index (χ4n) is 1.19. The van der Waals surface area contributed by atoms with Crippen molar-refractivity contribution in [1.82, 2.24) is 0 Å². The molecule has 0 spiro atoms. The molecule has 0 saturated carbocycles. The lowest BCUT2D eigenvalue weighted by Gasteiger charge is -2.09. The molecule has 0 aliphatic carbocycles. The van der Waals surface area contributed by atoms with E-state index >= 15 is 0 Å². The highest BCUT2D eigenvalue weighted by molar-refractivity contribution is 6.04. The van der Waals surface area contributed by atoms with Crippen molar-refractivity contribution in [3.63, 3.8) is 0 Å². The normalized spacial score (nSPS) is 12.1. The van der Waals surface area contributed by atoms with E-state index in [9.17, 15) is 18.0 Å². The van der Waals surface area contributed by atoms with Crippen LogP contribution >= 0.6 is 0 Å². The quantitative estimate of drug-likeness (QED) is 0.395. The van der Waals surface area contributed by atoms with Gasteiger partial charge < -0.3 is 14.7 Å². The topological polar surface area (TPSA) is 68.1 Å². The van der Waals surface area contributed by atoms with Crippen LogP contribution in [0.15, 0.2) is 29.4 Å². The summed E-state index contributed by atoms with van der Waals surface area (Å²) in [6.07, 6.45) is -4.76. The molecule has 0 saturated heterocycles. The van der Waals surface area contributed by atoms with Crippen LogP contribution < -0.4 is 4.74 Å². The fraction of sp³-hybridized carbons (Fsp3) is 0.273. The second-order valence-electron chi connectivity index (χ2n) is 3.34. The Kier molecular flexibility index (Phi) is 4.74. The van der Waals surface area contributed by atoms with Gasteiger partial charge in [-0.05, 0) is 24.3 Å². The van der Waals surface area contributed by atoms with E-state index in [1.54, 1.807) is 0 Å². The highest BCUT2D eigenvalue weighted by Gasteiger charge is 2.37. The second-order valence-corrected chi connectivity index (χ2v) is 3.34. The second kappa shape index (κ2) is 6.07. The number of carbonyl (C=O) groups excluding carboxylic acids is 1. The highest BCUT2D eigenvalue weighted by atomic mass is 19.4.